The molecule has 0 radical (unpaired) electrons. The molecule has 29 heavy (non-hydrogen) atoms. The van der Waals surface area contributed by atoms with Crippen molar-refractivity contribution in [1.82, 2.24) is 5.16 Å². The van der Waals surface area contributed by atoms with Crippen LogP contribution in [0.15, 0.2) is 28.8 Å². The maximum absolute atomic E-state index is 12.8. The Kier molecular flexibility index (Phi) is 4.86. The van der Waals surface area contributed by atoms with Crippen LogP contribution in [0.25, 0.3) is 11.3 Å². The molecule has 1 aromatic heterocycles. The molecule has 3 fully saturated rings. The molecule has 3 aliphatic carbocycles. The first-order valence-electron chi connectivity index (χ1n) is 10.3. The molecule has 154 valence electrons. The summed E-state index contributed by atoms with van der Waals surface area (Å²) in [5.74, 6) is 1.81. The smallest absolute Gasteiger partial charge is 0.387 e. The predicted octanol–water partition coefficient (Wildman–Crippen LogP) is 5.09. The molecule has 0 amide bonds. The summed E-state index contributed by atoms with van der Waals surface area (Å²) < 4.78 is 42.2. The van der Waals surface area contributed by atoms with Crippen molar-refractivity contribution in [2.24, 2.45) is 11.8 Å². The Balaban J connectivity index is 1.40. The van der Waals surface area contributed by atoms with Crippen LogP contribution in [0.2, 0.25) is 0 Å². The van der Waals surface area contributed by atoms with Crippen LogP contribution in [-0.4, -0.2) is 23.7 Å². The third-order valence-electron chi connectivity index (χ3n) is 6.35. The summed E-state index contributed by atoms with van der Waals surface area (Å²) in [6, 6.07) is 6.61. The number of fused-ring (bicyclic) bond motifs is 2. The number of carbonyl (C=O) groups excluding carboxylic acids is 1. The summed E-state index contributed by atoms with van der Waals surface area (Å²) in [5, 5.41) is 4.20. The van der Waals surface area contributed by atoms with E-state index in [9.17, 15) is 13.6 Å². The molecule has 0 spiro atoms. The zero-order valence-corrected chi connectivity index (χ0v) is 16.0. The van der Waals surface area contributed by atoms with Gasteiger partial charge in [0.25, 0.3) is 0 Å². The van der Waals surface area contributed by atoms with Gasteiger partial charge in [-0.05, 0) is 50.7 Å². The lowest BCUT2D eigenvalue weighted by Crippen LogP contribution is -2.30. The first-order valence-corrected chi connectivity index (χ1v) is 10.3. The zero-order valence-electron chi connectivity index (χ0n) is 16.0. The highest BCUT2D eigenvalue weighted by Gasteiger charge is 2.42. The van der Waals surface area contributed by atoms with E-state index in [4.69, 9.17) is 9.26 Å². The molecule has 3 aliphatic rings. The van der Waals surface area contributed by atoms with Crippen LogP contribution in [0.1, 0.15) is 55.8 Å². The average Bonchev–Trinajstić information content (AvgIpc) is 3.43. The molecule has 3 atom stereocenters. The van der Waals surface area contributed by atoms with Crippen molar-refractivity contribution in [3.05, 3.63) is 35.6 Å². The summed E-state index contributed by atoms with van der Waals surface area (Å²) in [4.78, 5) is 12.1. The highest BCUT2D eigenvalue weighted by atomic mass is 19.3. The number of hydrogen-bond acceptors (Lipinski definition) is 5. The van der Waals surface area contributed by atoms with E-state index >= 15 is 0 Å². The van der Waals surface area contributed by atoms with Gasteiger partial charge in [-0.15, -0.1) is 0 Å². The normalized spacial score (nSPS) is 26.3. The Morgan fingerprint density at radius 1 is 1.07 bits per heavy atom. The molecule has 0 aliphatic heterocycles. The van der Waals surface area contributed by atoms with Gasteiger partial charge in [0.15, 0.2) is 0 Å². The number of carbonyl (C=O) groups is 1. The van der Waals surface area contributed by atoms with E-state index in [0.717, 1.165) is 49.8 Å². The van der Waals surface area contributed by atoms with Gasteiger partial charge in [0.05, 0.1) is 12.7 Å². The van der Waals surface area contributed by atoms with Crippen molar-refractivity contribution < 1.29 is 27.6 Å². The third-order valence-corrected chi connectivity index (χ3v) is 6.35. The van der Waals surface area contributed by atoms with Crippen molar-refractivity contribution in [1.29, 1.82) is 0 Å². The highest BCUT2D eigenvalue weighted by Crippen LogP contribution is 2.46. The summed E-state index contributed by atoms with van der Waals surface area (Å²) in [7, 11) is 0. The standard InChI is InChI=1S/C22H23F2NO4/c23-22(24)28-18-4-2-1-3-16(18)19-17(21(29-25-19)12-5-6-12)11-27-15-9-13-7-8-14(10-15)20(13)26/h1-4,12-15,22H,5-11H2/t13-,14+,15?. The Labute approximate surface area is 167 Å². The van der Waals surface area contributed by atoms with Gasteiger partial charge >= 0.3 is 6.61 Å². The average molecular weight is 403 g/mol. The van der Waals surface area contributed by atoms with Gasteiger partial charge < -0.3 is 14.0 Å². The Morgan fingerprint density at radius 2 is 1.76 bits per heavy atom. The van der Waals surface area contributed by atoms with Gasteiger partial charge in [0, 0.05) is 28.9 Å². The fraction of sp³-hybridized carbons (Fsp3) is 0.545. The number of halogens is 2. The molecule has 2 aromatic rings. The maximum atomic E-state index is 12.8. The summed E-state index contributed by atoms with van der Waals surface area (Å²) in [5.41, 5.74) is 1.78. The van der Waals surface area contributed by atoms with E-state index in [1.54, 1.807) is 18.2 Å². The van der Waals surface area contributed by atoms with Gasteiger partial charge in [-0.2, -0.15) is 8.78 Å². The molecule has 2 bridgehead atoms. The first kappa shape index (κ1) is 18.7. The lowest BCUT2D eigenvalue weighted by Gasteiger charge is -2.26. The molecule has 5 nitrogen and oxygen atoms in total. The summed E-state index contributed by atoms with van der Waals surface area (Å²) >= 11 is 0. The number of Topliss-reactive ketones (excluding diaryl/α,β-unsaturated/α-hetero) is 1. The van der Waals surface area contributed by atoms with Crippen LogP contribution in [0, 0.1) is 11.8 Å². The number of aromatic nitrogens is 1. The van der Waals surface area contributed by atoms with Crippen LogP contribution in [0.4, 0.5) is 8.78 Å². The highest BCUT2D eigenvalue weighted by molar-refractivity contribution is 5.86. The van der Waals surface area contributed by atoms with Crippen molar-refractivity contribution in [3.63, 3.8) is 0 Å². The van der Waals surface area contributed by atoms with Crippen LogP contribution in [0.3, 0.4) is 0 Å². The third kappa shape index (κ3) is 3.68. The first-order chi connectivity index (χ1) is 14.1. The van der Waals surface area contributed by atoms with Crippen LogP contribution in [0.5, 0.6) is 5.75 Å². The van der Waals surface area contributed by atoms with Crippen LogP contribution >= 0.6 is 0 Å². The minimum Gasteiger partial charge on any atom is -0.434 e. The fourth-order valence-electron chi connectivity index (χ4n) is 4.76. The van der Waals surface area contributed by atoms with Gasteiger partial charge in [0.2, 0.25) is 0 Å². The van der Waals surface area contributed by atoms with Gasteiger partial charge in [-0.25, -0.2) is 0 Å². The maximum Gasteiger partial charge on any atom is 0.387 e. The number of hydrogen-bond donors (Lipinski definition) is 0. The SMILES string of the molecule is O=C1[C@@H]2CC[C@H]1CC(OCc1c(-c3ccccc3OC(F)F)noc1C1CC1)C2. The monoisotopic (exact) mass is 403 g/mol. The van der Waals surface area contributed by atoms with E-state index < -0.39 is 6.61 Å². The molecule has 1 heterocycles. The minimum atomic E-state index is -2.92. The number of benzene rings is 1. The molecule has 0 saturated heterocycles. The molecular formula is C22H23F2NO4. The fourth-order valence-corrected chi connectivity index (χ4v) is 4.76. The number of para-hydroxylation sites is 1. The van der Waals surface area contributed by atoms with E-state index in [2.05, 4.69) is 9.89 Å². The van der Waals surface area contributed by atoms with Crippen LogP contribution < -0.4 is 4.74 Å². The van der Waals surface area contributed by atoms with Gasteiger partial charge in [0.1, 0.15) is 23.0 Å². The number of rotatable bonds is 7. The lowest BCUT2D eigenvalue weighted by atomic mass is 9.86. The summed E-state index contributed by atoms with van der Waals surface area (Å²) in [6.07, 6.45) is 5.55. The van der Waals surface area contributed by atoms with E-state index in [1.807, 2.05) is 0 Å². The van der Waals surface area contributed by atoms with Crippen molar-refractivity contribution in [3.8, 4) is 17.0 Å². The number of alkyl halides is 2. The second-order valence-electron chi connectivity index (χ2n) is 8.30. The van der Waals surface area contributed by atoms with Crippen molar-refractivity contribution >= 4 is 5.78 Å². The molecule has 7 heteroatoms. The molecule has 1 aromatic carbocycles. The zero-order chi connectivity index (χ0) is 20.0. The predicted molar refractivity (Wildman–Crippen MR) is 99.6 cm³/mol. The van der Waals surface area contributed by atoms with E-state index in [1.165, 1.54) is 6.07 Å². The topological polar surface area (TPSA) is 61.6 Å². The van der Waals surface area contributed by atoms with Crippen LogP contribution in [-0.2, 0) is 16.1 Å². The molecular weight excluding hydrogens is 380 g/mol. The van der Waals surface area contributed by atoms with Gasteiger partial charge in [-0.1, -0.05) is 17.3 Å². The number of nitrogens with zero attached hydrogens (tertiary/aromatic N) is 1. The number of ketones is 1. The minimum absolute atomic E-state index is 0.0348. The molecule has 1 unspecified atom stereocenters. The molecule has 5 rings (SSSR count). The Hall–Kier alpha value is -2.28. The summed E-state index contributed by atoms with van der Waals surface area (Å²) in [6.45, 7) is -2.62. The van der Waals surface area contributed by atoms with Crippen molar-refractivity contribution in [2.75, 3.05) is 0 Å². The molecule has 0 N–H and O–H groups in total. The van der Waals surface area contributed by atoms with E-state index in [-0.39, 0.29) is 23.7 Å². The Morgan fingerprint density at radius 3 is 2.45 bits per heavy atom. The second-order valence-corrected chi connectivity index (χ2v) is 8.30. The Bertz CT molecular complexity index is 892. The number of ether oxygens (including phenoxy) is 2. The second kappa shape index (κ2) is 7.52. The largest absolute Gasteiger partial charge is 0.434 e. The molecule has 3 saturated carbocycles. The van der Waals surface area contributed by atoms with E-state index in [0.29, 0.717) is 29.6 Å². The van der Waals surface area contributed by atoms with Crippen molar-refractivity contribution in [2.45, 2.75) is 63.8 Å². The quantitative estimate of drug-likeness (QED) is 0.644. The lowest BCUT2D eigenvalue weighted by molar-refractivity contribution is -0.130. The van der Waals surface area contributed by atoms with Gasteiger partial charge in [-0.3, -0.25) is 4.79 Å².